The fourth-order valence-electron chi connectivity index (χ4n) is 9.37. The molecule has 0 aromatic heterocycles. The molecule has 2 aliphatic heterocycles. The average molecular weight is 979 g/mol. The highest BCUT2D eigenvalue weighted by atomic mass is 16.6. The Hall–Kier alpha value is -9.94. The molecule has 6 aromatic rings. The van der Waals surface area contributed by atoms with E-state index in [1.54, 1.807) is 0 Å². The standard InChI is InChI=1S/C48H42N12O12/c1-25-19-31(49)7-13-37(25)52-43(61)53(38-14-8-32(50)20-26(38)2)46(64)59(45(52)63,41-17-9-33(51)21-29(41)5)60(42-18-12-36(58(71)72)24-30(42)6)47(65)54(39-15-10-34(56(67)68)22-27(39)3)44(62)55(48(60)66)40-16-11-35(57(69)70)23-28(40)4/h7-24H,49-51H2,1-6H3/q+2. The first-order chi connectivity index (χ1) is 33.9. The van der Waals surface area contributed by atoms with Crippen molar-refractivity contribution in [3.8, 4) is 0 Å². The van der Waals surface area contributed by atoms with Crippen molar-refractivity contribution in [2.75, 3.05) is 36.8 Å². The highest BCUT2D eigenvalue weighted by molar-refractivity contribution is 6.46. The zero-order valence-corrected chi connectivity index (χ0v) is 39.0. The van der Waals surface area contributed by atoms with Crippen molar-refractivity contribution in [2.24, 2.45) is 0 Å². The first-order valence-corrected chi connectivity index (χ1v) is 21.5. The highest BCUT2D eigenvalue weighted by Gasteiger charge is 2.84. The summed E-state index contributed by atoms with van der Waals surface area (Å²) in [4.78, 5) is 135. The fourth-order valence-corrected chi connectivity index (χ4v) is 9.37. The van der Waals surface area contributed by atoms with Crippen molar-refractivity contribution in [3.05, 3.63) is 173 Å². The number of non-ortho nitro benzene ring substituents is 3. The molecule has 72 heavy (non-hydrogen) atoms. The summed E-state index contributed by atoms with van der Waals surface area (Å²) >= 11 is 0. The minimum Gasteiger partial charge on any atom is -0.399 e. The maximum Gasteiger partial charge on any atom is 0.496 e. The molecular weight excluding hydrogens is 937 g/mol. The van der Waals surface area contributed by atoms with Gasteiger partial charge in [0, 0.05) is 76.7 Å². The van der Waals surface area contributed by atoms with Gasteiger partial charge in [0.05, 0.1) is 46.7 Å². The van der Waals surface area contributed by atoms with Gasteiger partial charge in [-0.3, -0.25) is 30.3 Å². The Labute approximate surface area is 407 Å². The SMILES string of the molecule is Cc1cc(N)ccc1N1C(=O)N(c2ccc(N)cc2C)C(=O)[N+](c2ccc(N)cc2C)([N+]2(c3ccc([N+](=O)[O-])cc3C)C(=O)N(c3ccc([N+](=O)[O-])cc3C)C(=O)N(c3ccc([N+](=O)[O-])cc3C)C2=O)C1=O. The number of aryl methyl sites for hydroxylation is 6. The lowest BCUT2D eigenvalue weighted by Crippen LogP contribution is -2.94. The lowest BCUT2D eigenvalue weighted by molar-refractivity contribution is -0.385. The lowest BCUT2D eigenvalue weighted by atomic mass is 10.0. The second kappa shape index (κ2) is 17.2. The van der Waals surface area contributed by atoms with Gasteiger partial charge in [-0.25, -0.2) is 9.59 Å². The maximum absolute atomic E-state index is 16.9. The van der Waals surface area contributed by atoms with Crippen LogP contribution in [0.3, 0.4) is 0 Å². The van der Waals surface area contributed by atoms with E-state index in [-0.39, 0.29) is 61.8 Å². The third-order valence-electron chi connectivity index (χ3n) is 12.6. The van der Waals surface area contributed by atoms with Gasteiger partial charge in [0.15, 0.2) is 0 Å². The molecule has 0 spiro atoms. The van der Waals surface area contributed by atoms with Crippen molar-refractivity contribution < 1.29 is 43.5 Å². The van der Waals surface area contributed by atoms with Crippen molar-refractivity contribution in [1.82, 2.24) is 9.18 Å². The molecule has 0 bridgehead atoms. The number of urea groups is 6. The number of imide groups is 6. The number of carbonyl (C=O) groups excluding carboxylic acids is 6. The van der Waals surface area contributed by atoms with Crippen LogP contribution in [0.1, 0.15) is 33.4 Å². The van der Waals surface area contributed by atoms with E-state index in [9.17, 15) is 30.3 Å². The van der Waals surface area contributed by atoms with E-state index in [0.29, 0.717) is 19.6 Å². The number of rotatable bonds is 10. The molecule has 2 fully saturated rings. The number of anilines is 7. The highest BCUT2D eigenvalue weighted by Crippen LogP contribution is 2.52. The third kappa shape index (κ3) is 6.99. The molecule has 2 aliphatic rings. The lowest BCUT2D eigenvalue weighted by Gasteiger charge is -2.52. The fraction of sp³-hybridized carbons (Fsp3) is 0.125. The molecule has 0 radical (unpaired) electrons. The Bertz CT molecular complexity index is 3330. The van der Waals surface area contributed by atoms with E-state index < -0.39 is 100.0 Å². The number of nitro benzene ring substituents is 3. The molecule has 2 heterocycles. The summed E-state index contributed by atoms with van der Waals surface area (Å²) in [5, 5.41) is 36.6. The van der Waals surface area contributed by atoms with Crippen LogP contribution >= 0.6 is 0 Å². The number of nitrogen functional groups attached to an aromatic ring is 3. The topological polar surface area (TPSA) is 323 Å². The molecule has 6 aromatic carbocycles. The summed E-state index contributed by atoms with van der Waals surface area (Å²) in [6.45, 7) is 8.21. The number of benzene rings is 6. The first kappa shape index (κ1) is 48.5. The van der Waals surface area contributed by atoms with Crippen LogP contribution in [0.5, 0.6) is 0 Å². The van der Waals surface area contributed by atoms with Crippen molar-refractivity contribution >= 4 is 104 Å². The van der Waals surface area contributed by atoms with Gasteiger partial charge in [-0.1, -0.05) is 0 Å². The Morgan fingerprint density at radius 3 is 0.875 bits per heavy atom. The molecule has 24 heteroatoms. The molecule has 12 amide bonds. The minimum atomic E-state index is -2.35. The molecule has 2 saturated heterocycles. The first-order valence-electron chi connectivity index (χ1n) is 21.5. The minimum absolute atomic E-state index is 0.0515. The van der Waals surface area contributed by atoms with Crippen LogP contribution in [-0.4, -0.2) is 51.0 Å². The molecule has 364 valence electrons. The number of hydrogen-bond acceptors (Lipinski definition) is 15. The van der Waals surface area contributed by atoms with Gasteiger partial charge in [-0.2, -0.15) is 38.8 Å². The summed E-state index contributed by atoms with van der Waals surface area (Å²) in [7, 11) is 0. The Morgan fingerprint density at radius 2 is 0.597 bits per heavy atom. The second-order valence-electron chi connectivity index (χ2n) is 17.1. The van der Waals surface area contributed by atoms with Gasteiger partial charge >= 0.3 is 36.2 Å². The van der Waals surface area contributed by atoms with E-state index in [1.165, 1.54) is 96.1 Å². The van der Waals surface area contributed by atoms with Crippen molar-refractivity contribution in [2.45, 2.75) is 41.5 Å². The van der Waals surface area contributed by atoms with Gasteiger partial charge in [-0.05, 0) is 124 Å². The van der Waals surface area contributed by atoms with Crippen LogP contribution in [0, 0.1) is 71.9 Å². The van der Waals surface area contributed by atoms with Crippen LogP contribution in [0.25, 0.3) is 0 Å². The number of nitrogens with two attached hydrogens (primary N) is 3. The summed E-state index contributed by atoms with van der Waals surface area (Å²) < 4.78 is -4.63. The summed E-state index contributed by atoms with van der Waals surface area (Å²) in [5.41, 5.74) is 14.8. The number of quaternary nitrogens is 2. The summed E-state index contributed by atoms with van der Waals surface area (Å²) in [6, 6.07) is 11.1. The second-order valence-corrected chi connectivity index (χ2v) is 17.1. The van der Waals surface area contributed by atoms with E-state index in [1.807, 2.05) is 0 Å². The van der Waals surface area contributed by atoms with Crippen molar-refractivity contribution in [3.63, 3.8) is 0 Å². The van der Waals surface area contributed by atoms with Crippen LogP contribution < -0.4 is 46.0 Å². The summed E-state index contributed by atoms with van der Waals surface area (Å²) in [6.07, 6.45) is 0. The van der Waals surface area contributed by atoms with Crippen LogP contribution in [0.4, 0.5) is 97.0 Å². The predicted molar refractivity (Wildman–Crippen MR) is 266 cm³/mol. The summed E-state index contributed by atoms with van der Waals surface area (Å²) in [5.74, 6) is 0. The molecule has 6 N–H and O–H groups in total. The Balaban J connectivity index is 1.67. The van der Waals surface area contributed by atoms with Gasteiger partial charge < -0.3 is 17.2 Å². The number of nitrogens with zero attached hydrogens (tertiary/aromatic N) is 9. The number of nitro groups is 3. The largest absolute Gasteiger partial charge is 0.496 e. The van der Waals surface area contributed by atoms with Crippen LogP contribution in [0.15, 0.2) is 109 Å². The van der Waals surface area contributed by atoms with E-state index >= 15 is 28.8 Å². The maximum atomic E-state index is 16.9. The van der Waals surface area contributed by atoms with Crippen molar-refractivity contribution in [1.29, 1.82) is 0 Å². The number of hydrogen-bond donors (Lipinski definition) is 3. The van der Waals surface area contributed by atoms with E-state index in [4.69, 9.17) is 17.2 Å². The molecule has 0 aliphatic carbocycles. The molecule has 0 unspecified atom stereocenters. The Kier molecular flexibility index (Phi) is 11.6. The van der Waals surface area contributed by atoms with E-state index in [2.05, 4.69) is 0 Å². The zero-order valence-electron chi connectivity index (χ0n) is 39.0. The molecule has 8 rings (SSSR count). The van der Waals surface area contributed by atoms with Crippen LogP contribution in [0.2, 0.25) is 0 Å². The van der Waals surface area contributed by atoms with Gasteiger partial charge in [0.1, 0.15) is 0 Å². The van der Waals surface area contributed by atoms with Gasteiger partial charge in [-0.15, -0.1) is 0 Å². The molecule has 0 saturated carbocycles. The molecule has 0 atom stereocenters. The van der Waals surface area contributed by atoms with E-state index in [0.717, 1.165) is 54.6 Å². The normalized spacial score (nSPS) is 15.6. The van der Waals surface area contributed by atoms with Gasteiger partial charge in [0.2, 0.25) is 11.4 Å². The molecule has 24 nitrogen and oxygen atoms in total. The van der Waals surface area contributed by atoms with Gasteiger partial charge in [0.25, 0.3) is 17.1 Å². The average Bonchev–Trinajstić information content (AvgIpc) is 3.30. The number of amides is 12. The predicted octanol–water partition coefficient (Wildman–Crippen LogP) is 10.0. The third-order valence-corrected chi connectivity index (χ3v) is 12.6. The monoisotopic (exact) mass is 978 g/mol. The Morgan fingerprint density at radius 1 is 0.361 bits per heavy atom. The zero-order chi connectivity index (χ0) is 52.6. The number of carbonyl (C=O) groups is 6. The molecular formula is C48H42N12O12+2. The quantitative estimate of drug-likeness (QED) is 0.0497. The smallest absolute Gasteiger partial charge is 0.399 e. The van der Waals surface area contributed by atoms with Crippen LogP contribution in [-0.2, 0) is 0 Å².